The molecule has 92 valence electrons. The summed E-state index contributed by atoms with van der Waals surface area (Å²) in [7, 11) is 1.39. The van der Waals surface area contributed by atoms with Gasteiger partial charge >= 0.3 is 5.97 Å². The molecule has 0 N–H and O–H groups in total. The van der Waals surface area contributed by atoms with Crippen LogP contribution in [0.4, 0.5) is 0 Å². The minimum absolute atomic E-state index is 0.308. The molecule has 0 fully saturated rings. The maximum absolute atomic E-state index is 11.7. The van der Waals surface area contributed by atoms with Crippen LogP contribution in [0.15, 0.2) is 36.7 Å². The number of carbonyl (C=O) groups is 1. The topological polar surface area (TPSA) is 39.2 Å². The molecular weight excluding hydrogens is 226 g/mol. The molecule has 0 spiro atoms. The molecule has 0 radical (unpaired) electrons. The third kappa shape index (κ3) is 2.25. The molecule has 0 unspecified atom stereocenters. The van der Waals surface area contributed by atoms with E-state index in [0.29, 0.717) is 5.56 Å². The molecular formula is C15H15NO2. The molecule has 2 aromatic rings. The lowest BCUT2D eigenvalue weighted by atomic mass is 9.96. The van der Waals surface area contributed by atoms with Crippen LogP contribution in [-0.2, 0) is 4.74 Å². The lowest BCUT2D eigenvalue weighted by molar-refractivity contribution is 0.0600. The Bertz CT molecular complexity index is 577. The van der Waals surface area contributed by atoms with Crippen LogP contribution >= 0.6 is 0 Å². The number of esters is 1. The number of aromatic nitrogens is 1. The number of benzene rings is 1. The second kappa shape index (κ2) is 5.00. The average molecular weight is 241 g/mol. The Hall–Kier alpha value is -2.16. The monoisotopic (exact) mass is 241 g/mol. The van der Waals surface area contributed by atoms with Crippen molar-refractivity contribution in [3.63, 3.8) is 0 Å². The zero-order valence-electron chi connectivity index (χ0n) is 10.7. The van der Waals surface area contributed by atoms with Crippen molar-refractivity contribution in [1.29, 1.82) is 0 Å². The van der Waals surface area contributed by atoms with E-state index in [1.165, 1.54) is 7.11 Å². The molecule has 0 aliphatic heterocycles. The van der Waals surface area contributed by atoms with E-state index in [9.17, 15) is 4.79 Å². The van der Waals surface area contributed by atoms with Gasteiger partial charge in [0, 0.05) is 18.0 Å². The normalized spacial score (nSPS) is 10.2. The number of nitrogens with zero attached hydrogens (tertiary/aromatic N) is 1. The van der Waals surface area contributed by atoms with Crippen LogP contribution in [0.3, 0.4) is 0 Å². The van der Waals surface area contributed by atoms with Crippen LogP contribution in [0.25, 0.3) is 11.1 Å². The number of methoxy groups -OCH3 is 1. The molecule has 0 amide bonds. The predicted molar refractivity (Wildman–Crippen MR) is 70.5 cm³/mol. The van der Waals surface area contributed by atoms with E-state index in [-0.39, 0.29) is 5.97 Å². The van der Waals surface area contributed by atoms with Gasteiger partial charge in [0.05, 0.1) is 12.7 Å². The van der Waals surface area contributed by atoms with Crippen molar-refractivity contribution >= 4 is 5.97 Å². The van der Waals surface area contributed by atoms with Crippen molar-refractivity contribution < 1.29 is 9.53 Å². The number of pyridine rings is 1. The fourth-order valence-corrected chi connectivity index (χ4v) is 2.02. The first-order valence-corrected chi connectivity index (χ1v) is 5.73. The highest BCUT2D eigenvalue weighted by Gasteiger charge is 2.13. The third-order valence-corrected chi connectivity index (χ3v) is 2.95. The Morgan fingerprint density at radius 2 is 2.00 bits per heavy atom. The molecule has 2 rings (SSSR count). The van der Waals surface area contributed by atoms with Gasteiger partial charge in [-0.25, -0.2) is 4.79 Å². The van der Waals surface area contributed by atoms with Crippen LogP contribution in [-0.4, -0.2) is 18.1 Å². The molecule has 18 heavy (non-hydrogen) atoms. The van der Waals surface area contributed by atoms with Gasteiger partial charge in [-0.05, 0) is 42.7 Å². The van der Waals surface area contributed by atoms with Crippen molar-refractivity contribution in [3.8, 4) is 11.1 Å². The van der Waals surface area contributed by atoms with Gasteiger partial charge in [0.1, 0.15) is 0 Å². The predicted octanol–water partition coefficient (Wildman–Crippen LogP) is 3.15. The van der Waals surface area contributed by atoms with Gasteiger partial charge in [-0.3, -0.25) is 4.98 Å². The summed E-state index contributed by atoms with van der Waals surface area (Å²) in [6.07, 6.45) is 3.52. The summed E-state index contributed by atoms with van der Waals surface area (Å²) in [6.45, 7) is 3.93. The number of hydrogen-bond donors (Lipinski definition) is 0. The summed E-state index contributed by atoms with van der Waals surface area (Å²) in [4.78, 5) is 15.8. The molecule has 0 aliphatic carbocycles. The number of carbonyl (C=O) groups excluding carboxylic acids is 1. The third-order valence-electron chi connectivity index (χ3n) is 2.95. The molecule has 1 heterocycles. The fraction of sp³-hybridized carbons (Fsp3) is 0.200. The number of aryl methyl sites for hydroxylation is 2. The Kier molecular flexibility index (Phi) is 3.42. The molecule has 0 bridgehead atoms. The average Bonchev–Trinajstić information content (AvgIpc) is 2.39. The minimum atomic E-state index is -0.308. The van der Waals surface area contributed by atoms with Crippen LogP contribution in [0.5, 0.6) is 0 Å². The van der Waals surface area contributed by atoms with Crippen LogP contribution < -0.4 is 0 Å². The van der Waals surface area contributed by atoms with Crippen LogP contribution in [0.1, 0.15) is 21.5 Å². The zero-order valence-corrected chi connectivity index (χ0v) is 10.7. The van der Waals surface area contributed by atoms with E-state index in [1.54, 1.807) is 12.4 Å². The summed E-state index contributed by atoms with van der Waals surface area (Å²) >= 11 is 0. The standard InChI is InChI=1S/C15H15NO2/c1-10-7-11(2)14(15(17)18-3)8-13(10)12-5-4-6-16-9-12/h4-9H,1-3H3. The molecule has 1 aromatic carbocycles. The summed E-state index contributed by atoms with van der Waals surface area (Å²) in [5.41, 5.74) is 4.65. The summed E-state index contributed by atoms with van der Waals surface area (Å²) in [5.74, 6) is -0.308. The highest BCUT2D eigenvalue weighted by Crippen LogP contribution is 2.26. The zero-order chi connectivity index (χ0) is 13.1. The quantitative estimate of drug-likeness (QED) is 0.758. The lowest BCUT2D eigenvalue weighted by Crippen LogP contribution is -2.04. The maximum Gasteiger partial charge on any atom is 0.338 e. The maximum atomic E-state index is 11.7. The molecule has 0 atom stereocenters. The highest BCUT2D eigenvalue weighted by molar-refractivity contribution is 5.93. The van der Waals surface area contributed by atoms with E-state index >= 15 is 0 Å². The molecule has 3 nitrogen and oxygen atoms in total. The molecule has 0 saturated carbocycles. The fourth-order valence-electron chi connectivity index (χ4n) is 2.02. The first-order chi connectivity index (χ1) is 8.63. The summed E-state index contributed by atoms with van der Waals surface area (Å²) in [6, 6.07) is 7.72. The van der Waals surface area contributed by atoms with Gasteiger partial charge in [0.2, 0.25) is 0 Å². The van der Waals surface area contributed by atoms with Crippen molar-refractivity contribution in [1.82, 2.24) is 4.98 Å². The van der Waals surface area contributed by atoms with Gasteiger partial charge in [-0.1, -0.05) is 12.1 Å². The van der Waals surface area contributed by atoms with Gasteiger partial charge in [0.25, 0.3) is 0 Å². The van der Waals surface area contributed by atoms with Gasteiger partial charge in [-0.15, -0.1) is 0 Å². The largest absolute Gasteiger partial charge is 0.465 e. The molecule has 0 saturated heterocycles. The second-order valence-corrected chi connectivity index (χ2v) is 4.22. The van der Waals surface area contributed by atoms with Crippen molar-refractivity contribution in [2.45, 2.75) is 13.8 Å². The summed E-state index contributed by atoms with van der Waals surface area (Å²) in [5, 5.41) is 0. The number of rotatable bonds is 2. The first kappa shape index (κ1) is 12.3. The Labute approximate surface area is 106 Å². The number of hydrogen-bond acceptors (Lipinski definition) is 3. The molecule has 0 aliphatic rings. The van der Waals surface area contributed by atoms with Gasteiger partial charge in [0.15, 0.2) is 0 Å². The van der Waals surface area contributed by atoms with Crippen molar-refractivity contribution in [2.24, 2.45) is 0 Å². The lowest BCUT2D eigenvalue weighted by Gasteiger charge is -2.11. The minimum Gasteiger partial charge on any atom is -0.465 e. The van der Waals surface area contributed by atoms with Gasteiger partial charge in [-0.2, -0.15) is 0 Å². The van der Waals surface area contributed by atoms with E-state index in [2.05, 4.69) is 4.98 Å². The van der Waals surface area contributed by atoms with E-state index in [0.717, 1.165) is 22.3 Å². The van der Waals surface area contributed by atoms with E-state index < -0.39 is 0 Å². The van der Waals surface area contributed by atoms with Crippen molar-refractivity contribution in [2.75, 3.05) is 7.11 Å². The number of ether oxygens (including phenoxy) is 1. The SMILES string of the molecule is COC(=O)c1cc(-c2cccnc2)c(C)cc1C. The van der Waals surface area contributed by atoms with Crippen molar-refractivity contribution in [3.05, 3.63) is 53.3 Å². The van der Waals surface area contributed by atoms with Gasteiger partial charge < -0.3 is 4.74 Å². The summed E-state index contributed by atoms with van der Waals surface area (Å²) < 4.78 is 4.79. The van der Waals surface area contributed by atoms with Crippen LogP contribution in [0, 0.1) is 13.8 Å². The molecule has 3 heteroatoms. The van der Waals surface area contributed by atoms with E-state index in [4.69, 9.17) is 4.74 Å². The van der Waals surface area contributed by atoms with E-state index in [1.807, 2.05) is 38.1 Å². The Morgan fingerprint density at radius 3 is 2.61 bits per heavy atom. The molecule has 1 aromatic heterocycles. The first-order valence-electron chi connectivity index (χ1n) is 5.73. The Balaban J connectivity index is 2.59. The van der Waals surface area contributed by atoms with Crippen LogP contribution in [0.2, 0.25) is 0 Å². The highest BCUT2D eigenvalue weighted by atomic mass is 16.5. The Morgan fingerprint density at radius 1 is 1.22 bits per heavy atom. The second-order valence-electron chi connectivity index (χ2n) is 4.22. The smallest absolute Gasteiger partial charge is 0.338 e.